The molecule has 2 aromatic rings. The number of carbonyl (C=O) groups is 2. The summed E-state index contributed by atoms with van der Waals surface area (Å²) in [6.07, 6.45) is -3.95. The quantitative estimate of drug-likeness (QED) is 0.517. The van der Waals surface area contributed by atoms with E-state index in [1.54, 1.807) is 0 Å². The molecule has 3 N–H and O–H groups in total. The number of rotatable bonds is 7. The van der Waals surface area contributed by atoms with Crippen molar-refractivity contribution in [3.05, 3.63) is 53.3 Å². The normalized spacial score (nSPS) is 18.3. The molecule has 3 rings (SSSR count). The van der Waals surface area contributed by atoms with Crippen molar-refractivity contribution in [2.75, 3.05) is 18.5 Å². The minimum atomic E-state index is -4.83. The highest BCUT2D eigenvalue weighted by atomic mass is 35.5. The summed E-state index contributed by atoms with van der Waals surface area (Å²) >= 11 is 5.59. The number of piperidine rings is 1. The van der Waals surface area contributed by atoms with E-state index in [-0.39, 0.29) is 29.1 Å². The maximum Gasteiger partial charge on any atom is 0.573 e. The van der Waals surface area contributed by atoms with E-state index in [0.717, 1.165) is 18.2 Å². The standard InChI is InChI=1S/C21H20ClF4N3O4/c22-16-6-5-14(9-17(16)23)32-11-19(30)28-13-4-7-18(27-10-13)20(31)29-12-2-1-3-15(8-12)33-21(24,25)26/h1-3,5-6,8-9,13,18,27H,4,7,10-11H2,(H,28,30)(H,29,31). The van der Waals surface area contributed by atoms with Gasteiger partial charge in [0.25, 0.3) is 5.91 Å². The largest absolute Gasteiger partial charge is 0.573 e. The summed E-state index contributed by atoms with van der Waals surface area (Å²) in [5, 5.41) is 8.23. The van der Waals surface area contributed by atoms with Gasteiger partial charge in [-0.1, -0.05) is 17.7 Å². The van der Waals surface area contributed by atoms with Gasteiger partial charge >= 0.3 is 6.36 Å². The minimum absolute atomic E-state index is 0.0546. The van der Waals surface area contributed by atoms with Crippen molar-refractivity contribution in [3.63, 3.8) is 0 Å². The van der Waals surface area contributed by atoms with Gasteiger partial charge in [-0.3, -0.25) is 9.59 Å². The van der Waals surface area contributed by atoms with E-state index in [1.807, 2.05) is 0 Å². The van der Waals surface area contributed by atoms with Gasteiger partial charge in [0.2, 0.25) is 5.91 Å². The molecule has 178 valence electrons. The van der Waals surface area contributed by atoms with Crippen molar-refractivity contribution >= 4 is 29.1 Å². The van der Waals surface area contributed by atoms with Gasteiger partial charge in [0.05, 0.1) is 11.1 Å². The maximum absolute atomic E-state index is 13.4. The number of hydrogen-bond donors (Lipinski definition) is 3. The third-order valence-electron chi connectivity index (χ3n) is 4.69. The SMILES string of the molecule is O=C(COc1ccc(Cl)c(F)c1)NC1CCC(C(=O)Nc2cccc(OC(F)(F)F)c2)NC1. The molecule has 1 aliphatic rings. The van der Waals surface area contributed by atoms with Crippen molar-refractivity contribution in [3.8, 4) is 11.5 Å². The summed E-state index contributed by atoms with van der Waals surface area (Å²) in [7, 11) is 0. The predicted octanol–water partition coefficient (Wildman–Crippen LogP) is 3.63. The first-order chi connectivity index (χ1) is 15.6. The predicted molar refractivity (Wildman–Crippen MR) is 112 cm³/mol. The van der Waals surface area contributed by atoms with Crippen molar-refractivity contribution in [2.24, 2.45) is 0 Å². The zero-order chi connectivity index (χ0) is 24.0. The number of anilines is 1. The second-order valence-electron chi connectivity index (χ2n) is 7.23. The van der Waals surface area contributed by atoms with Gasteiger partial charge < -0.3 is 25.4 Å². The Morgan fingerprint density at radius 2 is 1.91 bits per heavy atom. The Bertz CT molecular complexity index is 998. The molecular formula is C21H20ClF4N3O4. The lowest BCUT2D eigenvalue weighted by molar-refractivity contribution is -0.274. The van der Waals surface area contributed by atoms with Crippen LogP contribution in [-0.4, -0.2) is 43.4 Å². The monoisotopic (exact) mass is 489 g/mol. The van der Waals surface area contributed by atoms with Gasteiger partial charge in [-0.15, -0.1) is 13.2 Å². The molecule has 33 heavy (non-hydrogen) atoms. The number of halogens is 5. The number of carbonyl (C=O) groups excluding carboxylic acids is 2. The van der Waals surface area contributed by atoms with Crippen LogP contribution in [0.15, 0.2) is 42.5 Å². The number of alkyl halides is 3. The topological polar surface area (TPSA) is 88.7 Å². The van der Waals surface area contributed by atoms with Crippen LogP contribution >= 0.6 is 11.6 Å². The molecule has 12 heteroatoms. The Morgan fingerprint density at radius 1 is 1.12 bits per heavy atom. The molecule has 0 radical (unpaired) electrons. The molecule has 2 atom stereocenters. The number of benzene rings is 2. The third-order valence-corrected chi connectivity index (χ3v) is 5.00. The molecule has 1 fully saturated rings. The van der Waals surface area contributed by atoms with Crippen LogP contribution in [0.1, 0.15) is 12.8 Å². The smallest absolute Gasteiger partial charge is 0.484 e. The van der Waals surface area contributed by atoms with Gasteiger partial charge in [0.15, 0.2) is 6.61 Å². The number of ether oxygens (including phenoxy) is 2. The Balaban J connectivity index is 1.42. The molecule has 0 saturated carbocycles. The zero-order valence-corrected chi connectivity index (χ0v) is 17.8. The van der Waals surface area contributed by atoms with Gasteiger partial charge in [0.1, 0.15) is 17.3 Å². The van der Waals surface area contributed by atoms with Gasteiger partial charge in [-0.05, 0) is 37.1 Å². The minimum Gasteiger partial charge on any atom is -0.484 e. The summed E-state index contributed by atoms with van der Waals surface area (Å²) < 4.78 is 59.5. The van der Waals surface area contributed by atoms with E-state index in [0.29, 0.717) is 19.4 Å². The number of hydrogen-bond acceptors (Lipinski definition) is 5. The van der Waals surface area contributed by atoms with Crippen LogP contribution in [0.4, 0.5) is 23.2 Å². The fourth-order valence-electron chi connectivity index (χ4n) is 3.19. The highest BCUT2D eigenvalue weighted by Crippen LogP contribution is 2.25. The first kappa shape index (κ1) is 24.6. The average molecular weight is 490 g/mol. The van der Waals surface area contributed by atoms with Crippen molar-refractivity contribution in [1.82, 2.24) is 10.6 Å². The lowest BCUT2D eigenvalue weighted by Gasteiger charge is -2.29. The Hall–Kier alpha value is -3.05. The van der Waals surface area contributed by atoms with Crippen LogP contribution in [0, 0.1) is 5.82 Å². The van der Waals surface area contributed by atoms with Crippen LogP contribution in [0.5, 0.6) is 11.5 Å². The first-order valence-corrected chi connectivity index (χ1v) is 10.2. The molecule has 0 aliphatic carbocycles. The molecular weight excluding hydrogens is 470 g/mol. The Kier molecular flexibility index (Phi) is 7.98. The fourth-order valence-corrected chi connectivity index (χ4v) is 3.31. The molecule has 1 aliphatic heterocycles. The fraction of sp³-hybridized carbons (Fsp3) is 0.333. The molecule has 7 nitrogen and oxygen atoms in total. The number of nitrogens with one attached hydrogen (secondary N) is 3. The third kappa shape index (κ3) is 7.79. The average Bonchev–Trinajstić information content (AvgIpc) is 2.74. The molecule has 2 aromatic carbocycles. The highest BCUT2D eigenvalue weighted by Gasteiger charge is 2.31. The molecule has 0 aromatic heterocycles. The van der Waals surface area contributed by atoms with E-state index in [4.69, 9.17) is 16.3 Å². The second-order valence-corrected chi connectivity index (χ2v) is 7.64. The van der Waals surface area contributed by atoms with Crippen LogP contribution in [0.2, 0.25) is 5.02 Å². The molecule has 1 saturated heterocycles. The van der Waals surface area contributed by atoms with Crippen LogP contribution < -0.4 is 25.4 Å². The molecule has 0 spiro atoms. The van der Waals surface area contributed by atoms with Crippen molar-refractivity contribution in [1.29, 1.82) is 0 Å². The van der Waals surface area contributed by atoms with Gasteiger partial charge in [-0.2, -0.15) is 0 Å². The molecule has 1 heterocycles. The van der Waals surface area contributed by atoms with Gasteiger partial charge in [-0.25, -0.2) is 4.39 Å². The van der Waals surface area contributed by atoms with E-state index in [9.17, 15) is 27.2 Å². The Morgan fingerprint density at radius 3 is 2.58 bits per heavy atom. The lowest BCUT2D eigenvalue weighted by atomic mass is 10.00. The molecule has 0 bridgehead atoms. The Labute approximate surface area is 191 Å². The zero-order valence-electron chi connectivity index (χ0n) is 17.0. The van der Waals surface area contributed by atoms with E-state index in [2.05, 4.69) is 20.7 Å². The summed E-state index contributed by atoms with van der Waals surface area (Å²) in [6, 6.07) is 7.97. The first-order valence-electron chi connectivity index (χ1n) is 9.86. The second kappa shape index (κ2) is 10.7. The summed E-state index contributed by atoms with van der Waals surface area (Å²) in [4.78, 5) is 24.5. The van der Waals surface area contributed by atoms with E-state index in [1.165, 1.54) is 24.3 Å². The van der Waals surface area contributed by atoms with Crippen LogP contribution in [-0.2, 0) is 9.59 Å². The maximum atomic E-state index is 13.4. The van der Waals surface area contributed by atoms with Crippen molar-refractivity contribution < 1.29 is 36.6 Å². The summed E-state index contributed by atoms with van der Waals surface area (Å²) in [5.41, 5.74) is 0.162. The summed E-state index contributed by atoms with van der Waals surface area (Å²) in [6.45, 7) is -0.0194. The highest BCUT2D eigenvalue weighted by molar-refractivity contribution is 6.30. The van der Waals surface area contributed by atoms with Crippen molar-refractivity contribution in [2.45, 2.75) is 31.3 Å². The summed E-state index contributed by atoms with van der Waals surface area (Å²) in [5.74, 6) is -1.77. The lowest BCUT2D eigenvalue weighted by Crippen LogP contribution is -2.53. The van der Waals surface area contributed by atoms with Gasteiger partial charge in [0, 0.05) is 30.4 Å². The van der Waals surface area contributed by atoms with Crippen LogP contribution in [0.3, 0.4) is 0 Å². The molecule has 2 amide bonds. The number of amides is 2. The van der Waals surface area contributed by atoms with E-state index < -0.39 is 35.8 Å². The van der Waals surface area contributed by atoms with E-state index >= 15 is 0 Å². The van der Waals surface area contributed by atoms with Crippen LogP contribution in [0.25, 0.3) is 0 Å². The molecule has 2 unspecified atom stereocenters.